The van der Waals surface area contributed by atoms with Crippen LogP contribution in [0.4, 0.5) is 4.79 Å². The van der Waals surface area contributed by atoms with E-state index in [1.165, 1.54) is 4.90 Å². The third-order valence-corrected chi connectivity index (χ3v) is 2.28. The number of carbonyl (C=O) groups is 2. The summed E-state index contributed by atoms with van der Waals surface area (Å²) >= 11 is 0. The lowest BCUT2D eigenvalue weighted by atomic mass is 10.1. The Hall–Kier alpha value is -1.30. The Morgan fingerprint density at radius 1 is 1.67 bits per heavy atom. The molecule has 6 heteroatoms. The second kappa shape index (κ2) is 4.48. The van der Waals surface area contributed by atoms with Crippen molar-refractivity contribution in [2.24, 2.45) is 5.73 Å². The lowest BCUT2D eigenvalue weighted by Crippen LogP contribution is -2.58. The first kappa shape index (κ1) is 11.8. The van der Waals surface area contributed by atoms with Crippen molar-refractivity contribution in [1.29, 1.82) is 0 Å². The van der Waals surface area contributed by atoms with Gasteiger partial charge in [-0.1, -0.05) is 0 Å². The fourth-order valence-electron chi connectivity index (χ4n) is 1.23. The zero-order valence-corrected chi connectivity index (χ0v) is 9.17. The molecule has 0 aromatic heterocycles. The highest BCUT2D eigenvalue weighted by Crippen LogP contribution is 2.02. The average molecular weight is 214 g/mol. The molecule has 1 aliphatic rings. The van der Waals surface area contributed by atoms with Crippen LogP contribution in [0.15, 0.2) is 0 Å². The summed E-state index contributed by atoms with van der Waals surface area (Å²) in [6.07, 6.45) is 0. The van der Waals surface area contributed by atoms with Gasteiger partial charge in [-0.25, -0.2) is 4.79 Å². The molecule has 0 spiro atoms. The molecule has 0 radical (unpaired) electrons. The van der Waals surface area contributed by atoms with Crippen molar-refractivity contribution in [3.63, 3.8) is 0 Å². The number of hydrogen-bond donors (Lipinski definition) is 3. The number of carbonyl (C=O) groups excluding carboxylic acids is 2. The largest absolute Gasteiger partial charge is 0.353 e. The molecule has 4 N–H and O–H groups in total. The van der Waals surface area contributed by atoms with Crippen LogP contribution in [0, 0.1) is 0 Å². The molecule has 1 fully saturated rings. The molecule has 3 amide bonds. The Bertz CT molecular complexity index is 265. The van der Waals surface area contributed by atoms with Gasteiger partial charge < -0.3 is 21.3 Å². The fourth-order valence-corrected chi connectivity index (χ4v) is 1.23. The van der Waals surface area contributed by atoms with Gasteiger partial charge in [-0.15, -0.1) is 0 Å². The molecular weight excluding hydrogens is 196 g/mol. The topological polar surface area (TPSA) is 87.5 Å². The number of hydrogen-bond acceptors (Lipinski definition) is 3. The van der Waals surface area contributed by atoms with Crippen LogP contribution >= 0.6 is 0 Å². The van der Waals surface area contributed by atoms with Crippen LogP contribution in [0.3, 0.4) is 0 Å². The van der Waals surface area contributed by atoms with Crippen LogP contribution in [-0.4, -0.2) is 48.6 Å². The predicted octanol–water partition coefficient (Wildman–Crippen LogP) is -1.13. The van der Waals surface area contributed by atoms with Crippen molar-refractivity contribution in [2.75, 3.05) is 26.2 Å². The van der Waals surface area contributed by atoms with Crippen LogP contribution in [0.5, 0.6) is 0 Å². The summed E-state index contributed by atoms with van der Waals surface area (Å²) in [5.41, 5.74) is 5.06. The molecule has 0 unspecified atom stereocenters. The van der Waals surface area contributed by atoms with Crippen molar-refractivity contribution in [3.05, 3.63) is 0 Å². The van der Waals surface area contributed by atoms with E-state index in [2.05, 4.69) is 10.6 Å². The first-order chi connectivity index (χ1) is 6.94. The first-order valence-corrected chi connectivity index (χ1v) is 4.98. The SMILES string of the molecule is CC(C)(CN)NC(=O)N1CCNC(=O)C1. The number of rotatable bonds is 2. The van der Waals surface area contributed by atoms with Crippen molar-refractivity contribution in [1.82, 2.24) is 15.5 Å². The van der Waals surface area contributed by atoms with Gasteiger partial charge in [0.25, 0.3) is 0 Å². The standard InChI is InChI=1S/C9H18N4O2/c1-9(2,6-10)12-8(15)13-4-3-11-7(14)5-13/h3-6,10H2,1-2H3,(H,11,14)(H,12,15). The summed E-state index contributed by atoms with van der Waals surface area (Å²) in [5.74, 6) is -0.123. The Morgan fingerprint density at radius 2 is 2.33 bits per heavy atom. The third kappa shape index (κ3) is 3.39. The molecule has 0 aromatic rings. The minimum absolute atomic E-state index is 0.118. The molecule has 0 atom stereocenters. The normalized spacial score (nSPS) is 17.3. The van der Waals surface area contributed by atoms with Gasteiger partial charge in [0.1, 0.15) is 6.54 Å². The minimum Gasteiger partial charge on any atom is -0.353 e. The van der Waals surface area contributed by atoms with Gasteiger partial charge in [0.2, 0.25) is 5.91 Å². The molecule has 0 bridgehead atoms. The lowest BCUT2D eigenvalue weighted by Gasteiger charge is -2.31. The van der Waals surface area contributed by atoms with Gasteiger partial charge in [0.05, 0.1) is 0 Å². The van der Waals surface area contributed by atoms with E-state index >= 15 is 0 Å². The molecule has 0 aliphatic carbocycles. The molecule has 1 aliphatic heterocycles. The molecule has 0 saturated carbocycles. The van der Waals surface area contributed by atoms with Crippen LogP contribution in [-0.2, 0) is 4.79 Å². The summed E-state index contributed by atoms with van der Waals surface area (Å²) in [6.45, 7) is 5.21. The number of piperazine rings is 1. The number of urea groups is 1. The molecule has 1 rings (SSSR count). The number of nitrogens with two attached hydrogens (primary N) is 1. The third-order valence-electron chi connectivity index (χ3n) is 2.28. The highest BCUT2D eigenvalue weighted by atomic mass is 16.2. The van der Waals surface area contributed by atoms with Crippen LogP contribution in [0.1, 0.15) is 13.8 Å². The second-order valence-corrected chi connectivity index (χ2v) is 4.29. The van der Waals surface area contributed by atoms with Crippen LogP contribution < -0.4 is 16.4 Å². The van der Waals surface area contributed by atoms with Crippen molar-refractivity contribution < 1.29 is 9.59 Å². The lowest BCUT2D eigenvalue weighted by molar-refractivity contribution is -0.123. The Morgan fingerprint density at radius 3 is 2.87 bits per heavy atom. The second-order valence-electron chi connectivity index (χ2n) is 4.29. The van der Waals surface area contributed by atoms with E-state index in [0.29, 0.717) is 19.6 Å². The van der Waals surface area contributed by atoms with Crippen LogP contribution in [0.2, 0.25) is 0 Å². The van der Waals surface area contributed by atoms with E-state index in [1.807, 2.05) is 13.8 Å². The van der Waals surface area contributed by atoms with Crippen molar-refractivity contribution in [2.45, 2.75) is 19.4 Å². The van der Waals surface area contributed by atoms with E-state index in [9.17, 15) is 9.59 Å². The monoisotopic (exact) mass is 214 g/mol. The zero-order valence-electron chi connectivity index (χ0n) is 9.17. The van der Waals surface area contributed by atoms with E-state index in [1.54, 1.807) is 0 Å². The van der Waals surface area contributed by atoms with Gasteiger partial charge in [0.15, 0.2) is 0 Å². The number of amides is 3. The summed E-state index contributed by atoms with van der Waals surface area (Å²) < 4.78 is 0. The molecule has 6 nitrogen and oxygen atoms in total. The molecule has 0 aromatic carbocycles. The maximum atomic E-state index is 11.7. The predicted molar refractivity (Wildman–Crippen MR) is 56.2 cm³/mol. The Balaban J connectivity index is 2.49. The number of nitrogens with zero attached hydrogens (tertiary/aromatic N) is 1. The highest BCUT2D eigenvalue weighted by Gasteiger charge is 2.25. The molecule has 1 saturated heterocycles. The molecular formula is C9H18N4O2. The first-order valence-electron chi connectivity index (χ1n) is 4.98. The van der Waals surface area contributed by atoms with Crippen LogP contribution in [0.25, 0.3) is 0 Å². The van der Waals surface area contributed by atoms with E-state index in [0.717, 1.165) is 0 Å². The van der Waals surface area contributed by atoms with E-state index < -0.39 is 5.54 Å². The minimum atomic E-state index is -0.439. The van der Waals surface area contributed by atoms with Crippen molar-refractivity contribution >= 4 is 11.9 Å². The van der Waals surface area contributed by atoms with Gasteiger partial charge >= 0.3 is 6.03 Å². The highest BCUT2D eigenvalue weighted by molar-refractivity contribution is 5.85. The maximum absolute atomic E-state index is 11.7. The van der Waals surface area contributed by atoms with E-state index in [-0.39, 0.29) is 18.5 Å². The summed E-state index contributed by atoms with van der Waals surface area (Å²) in [5, 5.41) is 5.44. The van der Waals surface area contributed by atoms with E-state index in [4.69, 9.17) is 5.73 Å². The quantitative estimate of drug-likeness (QED) is 0.543. The molecule has 86 valence electrons. The summed E-state index contributed by atoms with van der Waals surface area (Å²) in [4.78, 5) is 24.2. The average Bonchev–Trinajstić information content (AvgIpc) is 2.17. The number of nitrogens with one attached hydrogen (secondary N) is 2. The summed E-state index contributed by atoms with van der Waals surface area (Å²) in [6, 6.07) is -0.236. The van der Waals surface area contributed by atoms with Gasteiger partial charge in [-0.05, 0) is 13.8 Å². The fraction of sp³-hybridized carbons (Fsp3) is 0.778. The maximum Gasteiger partial charge on any atom is 0.318 e. The summed E-state index contributed by atoms with van der Waals surface area (Å²) in [7, 11) is 0. The Labute approximate surface area is 89.2 Å². The molecule has 1 heterocycles. The zero-order chi connectivity index (χ0) is 11.5. The van der Waals surface area contributed by atoms with Gasteiger partial charge in [-0.3, -0.25) is 4.79 Å². The molecule has 15 heavy (non-hydrogen) atoms. The van der Waals surface area contributed by atoms with Crippen molar-refractivity contribution in [3.8, 4) is 0 Å². The van der Waals surface area contributed by atoms with Gasteiger partial charge in [-0.2, -0.15) is 0 Å². The van der Waals surface area contributed by atoms with Gasteiger partial charge in [0, 0.05) is 25.2 Å². The Kier molecular flexibility index (Phi) is 3.52. The smallest absolute Gasteiger partial charge is 0.318 e.